The van der Waals surface area contributed by atoms with E-state index >= 15 is 0 Å². The first-order valence-corrected chi connectivity index (χ1v) is 8.95. The number of carbonyl (C=O) groups is 2. The van der Waals surface area contributed by atoms with E-state index < -0.39 is 17.8 Å². The Labute approximate surface area is 142 Å². The Morgan fingerprint density at radius 2 is 1.79 bits per heavy atom. The van der Waals surface area contributed by atoms with E-state index in [2.05, 4.69) is 0 Å². The molecule has 1 unspecified atom stereocenters. The van der Waals surface area contributed by atoms with Gasteiger partial charge in [-0.2, -0.15) is 0 Å². The number of halogens is 2. The number of aliphatic carboxylic acids is 1. The number of alkyl halides is 2. The maximum atomic E-state index is 13.0. The van der Waals surface area contributed by atoms with Gasteiger partial charge >= 0.3 is 5.97 Å². The Hall–Kier alpha value is -1.24. The number of rotatable bonds is 5. The average Bonchev–Trinajstić information content (AvgIpc) is 2.81. The zero-order valence-electron chi connectivity index (χ0n) is 14.3. The molecule has 1 aliphatic carbocycles. The second-order valence-corrected chi connectivity index (χ2v) is 7.00. The summed E-state index contributed by atoms with van der Waals surface area (Å²) < 4.78 is 25.4. The fraction of sp³-hybridized carbons (Fsp3) is 0.882. The summed E-state index contributed by atoms with van der Waals surface area (Å²) in [5.41, 5.74) is -1.32. The smallest absolute Gasteiger partial charge is 0.319 e. The van der Waals surface area contributed by atoms with Crippen LogP contribution >= 0.6 is 0 Å². The van der Waals surface area contributed by atoms with Crippen molar-refractivity contribution in [3.05, 3.63) is 0 Å². The van der Waals surface area contributed by atoms with Crippen LogP contribution in [0, 0.1) is 5.41 Å². The zero-order valence-corrected chi connectivity index (χ0v) is 14.3. The van der Waals surface area contributed by atoms with E-state index in [0.717, 1.165) is 25.7 Å². The first-order valence-electron chi connectivity index (χ1n) is 8.95. The van der Waals surface area contributed by atoms with Gasteiger partial charge in [0.25, 0.3) is 6.43 Å². The molecule has 2 rings (SSSR count). The van der Waals surface area contributed by atoms with Gasteiger partial charge in [0, 0.05) is 25.7 Å². The molecule has 5 nitrogen and oxygen atoms in total. The molecule has 138 valence electrons. The van der Waals surface area contributed by atoms with Crippen molar-refractivity contribution >= 4 is 11.9 Å². The van der Waals surface area contributed by atoms with E-state index in [1.807, 2.05) is 6.92 Å². The van der Waals surface area contributed by atoms with Crippen molar-refractivity contribution < 1.29 is 23.5 Å². The fourth-order valence-corrected chi connectivity index (χ4v) is 4.04. The van der Waals surface area contributed by atoms with Crippen molar-refractivity contribution in [2.75, 3.05) is 26.2 Å². The summed E-state index contributed by atoms with van der Waals surface area (Å²) in [6.45, 7) is 2.68. The molecule has 1 atom stereocenters. The molecular weight excluding hydrogens is 318 g/mol. The third-order valence-corrected chi connectivity index (χ3v) is 5.51. The number of carboxylic acids is 1. The van der Waals surface area contributed by atoms with Crippen molar-refractivity contribution in [3.63, 3.8) is 0 Å². The van der Waals surface area contributed by atoms with E-state index in [-0.39, 0.29) is 18.5 Å². The number of carbonyl (C=O) groups excluding carboxylic acids is 1. The molecule has 2 fully saturated rings. The van der Waals surface area contributed by atoms with Crippen LogP contribution in [0.3, 0.4) is 0 Å². The second-order valence-electron chi connectivity index (χ2n) is 7.00. The minimum absolute atomic E-state index is 0.131. The molecule has 1 N–H and O–H groups in total. The van der Waals surface area contributed by atoms with Crippen LogP contribution in [0.4, 0.5) is 8.78 Å². The lowest BCUT2D eigenvalue weighted by atomic mass is 9.78. The quantitative estimate of drug-likeness (QED) is 0.614. The molecule has 1 saturated carbocycles. The number of nitrogens with zero attached hydrogens (tertiary/aromatic N) is 2. The molecular formula is C17H28F2N2O3. The molecule has 24 heavy (non-hydrogen) atoms. The molecule has 0 spiro atoms. The van der Waals surface area contributed by atoms with Crippen LogP contribution in [0.2, 0.25) is 0 Å². The summed E-state index contributed by atoms with van der Waals surface area (Å²) in [6.07, 6.45) is 2.46. The lowest BCUT2D eigenvalue weighted by Gasteiger charge is -2.43. The monoisotopic (exact) mass is 346 g/mol. The number of hydrogen-bond acceptors (Lipinski definition) is 3. The number of carboxylic acid groups (broad SMARTS) is 1. The molecule has 0 radical (unpaired) electrons. The summed E-state index contributed by atoms with van der Waals surface area (Å²) in [6, 6.07) is -0.131. The summed E-state index contributed by atoms with van der Waals surface area (Å²) in [5.74, 6) is -1.34. The standard InChI is InChI=1S/C17H28F2N2O3/c1-2-13-11-21(10-9-20(13)12-14(18)19)15(22)17(16(23)24)7-5-3-4-6-8-17/h13-14H,2-12H2,1H3,(H,23,24). The largest absolute Gasteiger partial charge is 0.480 e. The molecule has 0 aromatic rings. The predicted molar refractivity (Wildman–Crippen MR) is 86.0 cm³/mol. The van der Waals surface area contributed by atoms with Crippen LogP contribution < -0.4 is 0 Å². The molecule has 2 aliphatic rings. The van der Waals surface area contributed by atoms with Gasteiger partial charge in [-0.1, -0.05) is 32.6 Å². The highest BCUT2D eigenvalue weighted by Gasteiger charge is 2.49. The SMILES string of the molecule is CCC1CN(C(=O)C2(C(=O)O)CCCCCC2)CCN1CC(F)F. The third-order valence-electron chi connectivity index (χ3n) is 5.51. The van der Waals surface area contributed by atoms with Crippen molar-refractivity contribution in [3.8, 4) is 0 Å². The van der Waals surface area contributed by atoms with Gasteiger partial charge < -0.3 is 10.0 Å². The summed E-state index contributed by atoms with van der Waals surface area (Å²) >= 11 is 0. The summed E-state index contributed by atoms with van der Waals surface area (Å²) in [4.78, 5) is 28.3. The molecule has 1 amide bonds. The van der Waals surface area contributed by atoms with Crippen molar-refractivity contribution in [2.24, 2.45) is 5.41 Å². The molecule has 0 aromatic heterocycles. The van der Waals surface area contributed by atoms with Gasteiger partial charge in [-0.25, -0.2) is 8.78 Å². The van der Waals surface area contributed by atoms with Crippen molar-refractivity contribution in [1.29, 1.82) is 0 Å². The minimum Gasteiger partial charge on any atom is -0.480 e. The maximum Gasteiger partial charge on any atom is 0.319 e. The summed E-state index contributed by atoms with van der Waals surface area (Å²) in [5, 5.41) is 9.75. The normalized spacial score (nSPS) is 25.5. The molecule has 1 heterocycles. The van der Waals surface area contributed by atoms with Crippen LogP contribution in [0.15, 0.2) is 0 Å². The zero-order chi connectivity index (χ0) is 17.7. The first-order chi connectivity index (χ1) is 11.4. The highest BCUT2D eigenvalue weighted by Crippen LogP contribution is 2.38. The lowest BCUT2D eigenvalue weighted by molar-refractivity contribution is -0.163. The first kappa shape index (κ1) is 19.1. The van der Waals surface area contributed by atoms with Gasteiger partial charge in [-0.15, -0.1) is 0 Å². The highest BCUT2D eigenvalue weighted by atomic mass is 19.3. The Balaban J connectivity index is 2.12. The topological polar surface area (TPSA) is 60.9 Å². The Bertz CT molecular complexity index is 451. The number of amides is 1. The van der Waals surface area contributed by atoms with E-state index in [9.17, 15) is 23.5 Å². The maximum absolute atomic E-state index is 13.0. The fourth-order valence-electron chi connectivity index (χ4n) is 4.04. The minimum atomic E-state index is -2.39. The number of hydrogen-bond donors (Lipinski definition) is 1. The van der Waals surface area contributed by atoms with Crippen LogP contribution in [-0.4, -0.2) is 65.4 Å². The van der Waals surface area contributed by atoms with Gasteiger partial charge in [-0.3, -0.25) is 14.5 Å². The Morgan fingerprint density at radius 3 is 2.29 bits per heavy atom. The van der Waals surface area contributed by atoms with Gasteiger partial charge in [0.15, 0.2) is 0 Å². The van der Waals surface area contributed by atoms with Crippen molar-refractivity contribution in [1.82, 2.24) is 9.80 Å². The molecule has 0 aromatic carbocycles. The van der Waals surface area contributed by atoms with E-state index in [4.69, 9.17) is 0 Å². The summed E-state index contributed by atoms with van der Waals surface area (Å²) in [7, 11) is 0. The van der Waals surface area contributed by atoms with Gasteiger partial charge in [0.2, 0.25) is 5.91 Å². The molecule has 1 aliphatic heterocycles. The molecule has 1 saturated heterocycles. The third kappa shape index (κ3) is 4.05. The predicted octanol–water partition coefficient (Wildman–Crippen LogP) is 2.60. The van der Waals surface area contributed by atoms with Gasteiger partial charge in [0.05, 0.1) is 6.54 Å². The number of piperazine rings is 1. The Morgan fingerprint density at radius 1 is 1.17 bits per heavy atom. The Kier molecular flexibility index (Phi) is 6.54. The van der Waals surface area contributed by atoms with Crippen molar-refractivity contribution in [2.45, 2.75) is 64.3 Å². The van der Waals surface area contributed by atoms with E-state index in [1.165, 1.54) is 0 Å². The van der Waals surface area contributed by atoms with Crippen LogP contribution in [-0.2, 0) is 9.59 Å². The van der Waals surface area contributed by atoms with Crippen LogP contribution in [0.25, 0.3) is 0 Å². The van der Waals surface area contributed by atoms with E-state index in [1.54, 1.807) is 9.80 Å². The van der Waals surface area contributed by atoms with Crippen LogP contribution in [0.5, 0.6) is 0 Å². The molecule has 7 heteroatoms. The lowest BCUT2D eigenvalue weighted by Crippen LogP contribution is -2.59. The average molecular weight is 346 g/mol. The highest BCUT2D eigenvalue weighted by molar-refractivity contribution is 6.02. The molecule has 0 bridgehead atoms. The van der Waals surface area contributed by atoms with Gasteiger partial charge in [0.1, 0.15) is 5.41 Å². The van der Waals surface area contributed by atoms with Gasteiger partial charge in [-0.05, 0) is 19.3 Å². The van der Waals surface area contributed by atoms with Crippen LogP contribution in [0.1, 0.15) is 51.9 Å². The second kappa shape index (κ2) is 8.23. The van der Waals surface area contributed by atoms with E-state index in [0.29, 0.717) is 38.9 Å².